The van der Waals surface area contributed by atoms with Crippen molar-refractivity contribution in [3.05, 3.63) is 0 Å². The van der Waals surface area contributed by atoms with Gasteiger partial charge in [-0.05, 0) is 32.2 Å². The third kappa shape index (κ3) is 6.69. The van der Waals surface area contributed by atoms with E-state index in [1.54, 1.807) is 11.8 Å². The molecule has 1 aliphatic rings. The zero-order valence-electron chi connectivity index (χ0n) is 14.5. The predicted octanol–water partition coefficient (Wildman–Crippen LogP) is 1.23. The maximum Gasteiger partial charge on any atom is 0.223 e. The van der Waals surface area contributed by atoms with Crippen LogP contribution < -0.4 is 11.1 Å². The van der Waals surface area contributed by atoms with Gasteiger partial charge in [0.25, 0.3) is 0 Å². The summed E-state index contributed by atoms with van der Waals surface area (Å²) in [6.45, 7) is 5.62. The molecule has 0 aromatic rings. The molecule has 0 aliphatic carbocycles. The molecule has 6 heteroatoms. The van der Waals surface area contributed by atoms with Gasteiger partial charge in [0, 0.05) is 18.9 Å². The van der Waals surface area contributed by atoms with Gasteiger partial charge in [0.15, 0.2) is 5.78 Å². The Labute approximate surface area is 139 Å². The summed E-state index contributed by atoms with van der Waals surface area (Å²) in [7, 11) is 0. The van der Waals surface area contributed by atoms with Gasteiger partial charge in [0.05, 0.1) is 12.6 Å². The molecule has 2 atom stereocenters. The largest absolute Gasteiger partial charge is 0.369 e. The lowest BCUT2D eigenvalue weighted by atomic mass is 10.0. The van der Waals surface area contributed by atoms with Crippen LogP contribution in [-0.4, -0.2) is 48.2 Å². The molecule has 0 aromatic heterocycles. The SMILES string of the molecule is CCCCCN(C(=O)CCC(C)C(N)=O)[C@H]1CCCNCC1=O. The van der Waals surface area contributed by atoms with Gasteiger partial charge < -0.3 is 16.0 Å². The average Bonchev–Trinajstić information content (AvgIpc) is 2.73. The number of carbonyl (C=O) groups is 3. The number of hydrogen-bond acceptors (Lipinski definition) is 4. The van der Waals surface area contributed by atoms with Crippen molar-refractivity contribution in [3.63, 3.8) is 0 Å². The molecule has 0 saturated carbocycles. The lowest BCUT2D eigenvalue weighted by molar-refractivity contribution is -0.139. The second kappa shape index (κ2) is 10.4. The minimum atomic E-state index is -0.384. The molecule has 1 unspecified atom stereocenters. The number of primary amides is 1. The summed E-state index contributed by atoms with van der Waals surface area (Å²) in [6.07, 6.45) is 5.35. The Hall–Kier alpha value is -1.43. The first-order valence-electron chi connectivity index (χ1n) is 8.79. The fourth-order valence-electron chi connectivity index (χ4n) is 2.85. The van der Waals surface area contributed by atoms with Crippen molar-refractivity contribution in [3.8, 4) is 0 Å². The van der Waals surface area contributed by atoms with Gasteiger partial charge in [-0.15, -0.1) is 0 Å². The molecule has 1 aliphatic heterocycles. The first kappa shape index (κ1) is 19.6. The van der Waals surface area contributed by atoms with E-state index in [2.05, 4.69) is 12.2 Å². The monoisotopic (exact) mass is 325 g/mol. The molecule has 1 rings (SSSR count). The van der Waals surface area contributed by atoms with E-state index in [1.165, 1.54) is 0 Å². The Morgan fingerprint density at radius 3 is 2.78 bits per heavy atom. The van der Waals surface area contributed by atoms with Gasteiger partial charge >= 0.3 is 0 Å². The second-order valence-corrected chi connectivity index (χ2v) is 6.44. The van der Waals surface area contributed by atoms with E-state index in [9.17, 15) is 14.4 Å². The van der Waals surface area contributed by atoms with Crippen LogP contribution in [0.5, 0.6) is 0 Å². The molecule has 2 amide bonds. The van der Waals surface area contributed by atoms with E-state index in [-0.39, 0.29) is 36.0 Å². The van der Waals surface area contributed by atoms with Crippen LogP contribution in [0.1, 0.15) is 58.8 Å². The lowest BCUT2D eigenvalue weighted by Gasteiger charge is -2.30. The number of hydrogen-bond donors (Lipinski definition) is 2. The van der Waals surface area contributed by atoms with Crippen LogP contribution in [0.25, 0.3) is 0 Å². The first-order chi connectivity index (χ1) is 11.0. The fourth-order valence-corrected chi connectivity index (χ4v) is 2.85. The van der Waals surface area contributed by atoms with E-state index in [0.29, 0.717) is 19.5 Å². The van der Waals surface area contributed by atoms with Gasteiger partial charge in [-0.3, -0.25) is 14.4 Å². The molecule has 1 saturated heterocycles. The Bertz CT molecular complexity index is 412. The van der Waals surface area contributed by atoms with Crippen LogP contribution in [0, 0.1) is 5.92 Å². The van der Waals surface area contributed by atoms with E-state index >= 15 is 0 Å². The van der Waals surface area contributed by atoms with E-state index in [4.69, 9.17) is 5.73 Å². The molecule has 0 bridgehead atoms. The van der Waals surface area contributed by atoms with Gasteiger partial charge in [0.1, 0.15) is 0 Å². The van der Waals surface area contributed by atoms with Crippen LogP contribution in [-0.2, 0) is 14.4 Å². The summed E-state index contributed by atoms with van der Waals surface area (Å²) in [5.74, 6) is -0.641. The highest BCUT2D eigenvalue weighted by molar-refractivity contribution is 5.90. The minimum Gasteiger partial charge on any atom is -0.369 e. The third-order valence-electron chi connectivity index (χ3n) is 4.48. The molecule has 0 spiro atoms. The molecule has 1 fully saturated rings. The number of carbonyl (C=O) groups excluding carboxylic acids is 3. The standard InChI is InChI=1S/C17H31N3O3/c1-3-4-5-11-20(14-7-6-10-19-12-15(14)21)16(22)9-8-13(2)17(18)23/h13-14,19H,3-12H2,1-2H3,(H2,18,23)/t13?,14-/m0/s1. The highest BCUT2D eigenvalue weighted by Crippen LogP contribution is 2.16. The van der Waals surface area contributed by atoms with E-state index in [0.717, 1.165) is 38.6 Å². The van der Waals surface area contributed by atoms with Crippen molar-refractivity contribution in [1.82, 2.24) is 10.2 Å². The van der Waals surface area contributed by atoms with Crippen molar-refractivity contribution in [2.45, 2.75) is 64.8 Å². The summed E-state index contributed by atoms with van der Waals surface area (Å²) in [5, 5.41) is 3.10. The molecule has 3 N–H and O–H groups in total. The Kier molecular flexibility index (Phi) is 8.84. The van der Waals surface area contributed by atoms with Crippen molar-refractivity contribution in [2.75, 3.05) is 19.6 Å². The van der Waals surface area contributed by atoms with Crippen molar-refractivity contribution >= 4 is 17.6 Å². The number of rotatable bonds is 9. The normalized spacial score (nSPS) is 19.9. The quantitative estimate of drug-likeness (QED) is 0.624. The first-order valence-corrected chi connectivity index (χ1v) is 8.79. The molecule has 132 valence electrons. The maximum atomic E-state index is 12.6. The summed E-state index contributed by atoms with van der Waals surface area (Å²) >= 11 is 0. The second-order valence-electron chi connectivity index (χ2n) is 6.44. The van der Waals surface area contributed by atoms with Gasteiger partial charge in [-0.1, -0.05) is 26.7 Å². The van der Waals surface area contributed by atoms with Crippen LogP contribution in [0.15, 0.2) is 0 Å². The Balaban J connectivity index is 2.71. The molecular formula is C17H31N3O3. The van der Waals surface area contributed by atoms with Gasteiger partial charge in [-0.2, -0.15) is 0 Å². The molecule has 0 aromatic carbocycles. The molecule has 6 nitrogen and oxygen atoms in total. The zero-order valence-corrected chi connectivity index (χ0v) is 14.5. The van der Waals surface area contributed by atoms with Crippen LogP contribution in [0.2, 0.25) is 0 Å². The number of nitrogens with two attached hydrogens (primary N) is 1. The van der Waals surface area contributed by atoms with E-state index in [1.807, 2.05) is 0 Å². The zero-order chi connectivity index (χ0) is 17.2. The number of nitrogens with zero attached hydrogens (tertiary/aromatic N) is 1. The summed E-state index contributed by atoms with van der Waals surface area (Å²) in [4.78, 5) is 37.8. The number of Topliss-reactive ketones (excluding diaryl/α,β-unsaturated/α-hetero) is 1. The topological polar surface area (TPSA) is 92.5 Å². The predicted molar refractivity (Wildman–Crippen MR) is 89.7 cm³/mol. The maximum absolute atomic E-state index is 12.6. The minimum absolute atomic E-state index is 0.0329. The molecule has 23 heavy (non-hydrogen) atoms. The van der Waals surface area contributed by atoms with Gasteiger partial charge in [0.2, 0.25) is 11.8 Å². The number of ketones is 1. The van der Waals surface area contributed by atoms with Gasteiger partial charge in [-0.25, -0.2) is 0 Å². The van der Waals surface area contributed by atoms with Crippen LogP contribution in [0.4, 0.5) is 0 Å². The Morgan fingerprint density at radius 1 is 1.39 bits per heavy atom. The molecule has 1 heterocycles. The smallest absolute Gasteiger partial charge is 0.223 e. The molecule has 0 radical (unpaired) electrons. The van der Waals surface area contributed by atoms with Crippen molar-refractivity contribution < 1.29 is 14.4 Å². The highest BCUT2D eigenvalue weighted by Gasteiger charge is 2.30. The third-order valence-corrected chi connectivity index (χ3v) is 4.48. The fraction of sp³-hybridized carbons (Fsp3) is 0.824. The van der Waals surface area contributed by atoms with E-state index < -0.39 is 0 Å². The molecular weight excluding hydrogens is 294 g/mol. The van der Waals surface area contributed by atoms with Crippen molar-refractivity contribution in [2.24, 2.45) is 11.7 Å². The van der Waals surface area contributed by atoms with Crippen LogP contribution in [0.3, 0.4) is 0 Å². The number of amides is 2. The summed E-state index contributed by atoms with van der Waals surface area (Å²) in [5.41, 5.74) is 5.26. The summed E-state index contributed by atoms with van der Waals surface area (Å²) < 4.78 is 0. The highest BCUT2D eigenvalue weighted by atomic mass is 16.2. The summed E-state index contributed by atoms with van der Waals surface area (Å²) in [6, 6.07) is -0.321. The van der Waals surface area contributed by atoms with Crippen LogP contribution >= 0.6 is 0 Å². The number of nitrogens with one attached hydrogen (secondary N) is 1. The Morgan fingerprint density at radius 2 is 2.13 bits per heavy atom. The lowest BCUT2D eigenvalue weighted by Crippen LogP contribution is -2.47. The van der Waals surface area contributed by atoms with Crippen molar-refractivity contribution in [1.29, 1.82) is 0 Å². The average molecular weight is 325 g/mol. The number of unbranched alkanes of at least 4 members (excludes halogenated alkanes) is 2.